The first-order valence-electron chi connectivity index (χ1n) is 6.63. The summed E-state index contributed by atoms with van der Waals surface area (Å²) in [7, 11) is 0. The van der Waals surface area contributed by atoms with Crippen molar-refractivity contribution in [1.82, 2.24) is 0 Å². The van der Waals surface area contributed by atoms with Crippen LogP contribution in [0.4, 0.5) is 5.69 Å². The molecule has 1 atom stereocenters. The fourth-order valence-electron chi connectivity index (χ4n) is 2.67. The summed E-state index contributed by atoms with van der Waals surface area (Å²) in [5.41, 5.74) is 3.85. The van der Waals surface area contributed by atoms with E-state index in [0.717, 1.165) is 25.8 Å². The topological polar surface area (TPSA) is 40.5 Å². The molecule has 1 aromatic rings. The van der Waals surface area contributed by atoms with Crippen LogP contribution in [-0.4, -0.2) is 23.7 Å². The Labute approximate surface area is 108 Å². The van der Waals surface area contributed by atoms with Crippen LogP contribution in [-0.2, 0) is 4.79 Å². The Kier molecular flexibility index (Phi) is 3.90. The van der Waals surface area contributed by atoms with Gasteiger partial charge in [-0.15, -0.1) is 0 Å². The Balaban J connectivity index is 2.10. The third-order valence-electron chi connectivity index (χ3n) is 3.89. The van der Waals surface area contributed by atoms with Crippen LogP contribution in [0.1, 0.15) is 36.8 Å². The van der Waals surface area contributed by atoms with Crippen LogP contribution in [0, 0.1) is 13.8 Å². The SMILES string of the molecule is Cc1ccc(N2CCCC2CCC(=O)O)cc1C. The first-order chi connectivity index (χ1) is 8.58. The van der Waals surface area contributed by atoms with E-state index in [4.69, 9.17) is 5.11 Å². The van der Waals surface area contributed by atoms with E-state index in [-0.39, 0.29) is 6.42 Å². The molecule has 18 heavy (non-hydrogen) atoms. The van der Waals surface area contributed by atoms with Gasteiger partial charge in [0, 0.05) is 24.7 Å². The summed E-state index contributed by atoms with van der Waals surface area (Å²) in [6.45, 7) is 5.29. The minimum Gasteiger partial charge on any atom is -0.481 e. The number of rotatable bonds is 4. The fourth-order valence-corrected chi connectivity index (χ4v) is 2.67. The summed E-state index contributed by atoms with van der Waals surface area (Å²) < 4.78 is 0. The predicted octanol–water partition coefficient (Wildman–Crippen LogP) is 3.14. The van der Waals surface area contributed by atoms with Gasteiger partial charge in [-0.25, -0.2) is 0 Å². The molecule has 0 aliphatic carbocycles. The van der Waals surface area contributed by atoms with Crippen molar-refractivity contribution in [2.24, 2.45) is 0 Å². The molecule has 0 spiro atoms. The number of carboxylic acid groups (broad SMARTS) is 1. The molecule has 3 nitrogen and oxygen atoms in total. The number of anilines is 1. The highest BCUT2D eigenvalue weighted by Gasteiger charge is 2.25. The number of carbonyl (C=O) groups is 1. The molecule has 1 heterocycles. The number of aliphatic carboxylic acids is 1. The van der Waals surface area contributed by atoms with Gasteiger partial charge in [0.15, 0.2) is 0 Å². The van der Waals surface area contributed by atoms with E-state index in [1.165, 1.54) is 16.8 Å². The molecule has 0 aromatic heterocycles. The van der Waals surface area contributed by atoms with E-state index >= 15 is 0 Å². The summed E-state index contributed by atoms with van der Waals surface area (Å²) in [5.74, 6) is -0.693. The Bertz CT molecular complexity index is 442. The van der Waals surface area contributed by atoms with Gasteiger partial charge in [-0.3, -0.25) is 4.79 Å². The van der Waals surface area contributed by atoms with E-state index in [1.54, 1.807) is 0 Å². The van der Waals surface area contributed by atoms with Crippen molar-refractivity contribution < 1.29 is 9.90 Å². The largest absolute Gasteiger partial charge is 0.481 e. The number of benzene rings is 1. The maximum Gasteiger partial charge on any atom is 0.303 e. The van der Waals surface area contributed by atoms with Crippen LogP contribution in [0.15, 0.2) is 18.2 Å². The summed E-state index contributed by atoms with van der Waals surface area (Å²) in [6.07, 6.45) is 3.30. The van der Waals surface area contributed by atoms with Crippen LogP contribution < -0.4 is 4.90 Å². The molecule has 1 aromatic carbocycles. The number of nitrogens with zero attached hydrogens (tertiary/aromatic N) is 1. The van der Waals surface area contributed by atoms with Crippen LogP contribution in [0.5, 0.6) is 0 Å². The van der Waals surface area contributed by atoms with Gasteiger partial charge in [-0.05, 0) is 56.4 Å². The van der Waals surface area contributed by atoms with E-state index in [9.17, 15) is 4.79 Å². The van der Waals surface area contributed by atoms with Crippen LogP contribution in [0.2, 0.25) is 0 Å². The zero-order valence-electron chi connectivity index (χ0n) is 11.1. The highest BCUT2D eigenvalue weighted by molar-refractivity contribution is 5.66. The Morgan fingerprint density at radius 2 is 2.17 bits per heavy atom. The quantitative estimate of drug-likeness (QED) is 0.888. The summed E-state index contributed by atoms with van der Waals surface area (Å²) in [6, 6.07) is 6.91. The minimum absolute atomic E-state index is 0.270. The normalized spacial score (nSPS) is 19.2. The standard InChI is InChI=1S/C15H21NO2/c1-11-5-6-14(10-12(11)2)16-9-3-4-13(16)7-8-15(17)18/h5-6,10,13H,3-4,7-9H2,1-2H3,(H,17,18). The van der Waals surface area contributed by atoms with Gasteiger partial charge in [0.1, 0.15) is 0 Å². The summed E-state index contributed by atoms with van der Waals surface area (Å²) in [4.78, 5) is 13.0. The lowest BCUT2D eigenvalue weighted by molar-refractivity contribution is -0.137. The number of hydrogen-bond acceptors (Lipinski definition) is 2. The second kappa shape index (κ2) is 5.42. The van der Waals surface area contributed by atoms with Crippen LogP contribution in [0.3, 0.4) is 0 Å². The van der Waals surface area contributed by atoms with Gasteiger partial charge in [0.05, 0.1) is 0 Å². The monoisotopic (exact) mass is 247 g/mol. The molecule has 1 saturated heterocycles. The minimum atomic E-state index is -0.693. The highest BCUT2D eigenvalue weighted by Crippen LogP contribution is 2.29. The molecule has 98 valence electrons. The molecule has 1 unspecified atom stereocenters. The summed E-state index contributed by atoms with van der Waals surface area (Å²) in [5, 5.41) is 8.79. The fraction of sp³-hybridized carbons (Fsp3) is 0.533. The number of aryl methyl sites for hydroxylation is 2. The Morgan fingerprint density at radius 3 is 2.83 bits per heavy atom. The smallest absolute Gasteiger partial charge is 0.303 e. The maximum atomic E-state index is 10.7. The average Bonchev–Trinajstić information content (AvgIpc) is 2.78. The zero-order valence-corrected chi connectivity index (χ0v) is 11.1. The van der Waals surface area contributed by atoms with Gasteiger partial charge in [0.2, 0.25) is 0 Å². The molecule has 0 saturated carbocycles. The lowest BCUT2D eigenvalue weighted by Crippen LogP contribution is -2.29. The second-order valence-corrected chi connectivity index (χ2v) is 5.19. The van der Waals surface area contributed by atoms with Gasteiger partial charge >= 0.3 is 5.97 Å². The van der Waals surface area contributed by atoms with Crippen molar-refractivity contribution in [1.29, 1.82) is 0 Å². The van der Waals surface area contributed by atoms with Crippen molar-refractivity contribution in [3.63, 3.8) is 0 Å². The van der Waals surface area contributed by atoms with E-state index in [1.807, 2.05) is 0 Å². The molecular formula is C15H21NO2. The van der Waals surface area contributed by atoms with Crippen molar-refractivity contribution >= 4 is 11.7 Å². The van der Waals surface area contributed by atoms with Crippen LogP contribution >= 0.6 is 0 Å². The molecule has 0 bridgehead atoms. The number of carboxylic acids is 1. The highest BCUT2D eigenvalue weighted by atomic mass is 16.4. The summed E-state index contributed by atoms with van der Waals surface area (Å²) >= 11 is 0. The molecule has 1 N–H and O–H groups in total. The molecule has 0 amide bonds. The van der Waals surface area contributed by atoms with E-state index in [2.05, 4.69) is 36.9 Å². The van der Waals surface area contributed by atoms with Gasteiger partial charge in [-0.1, -0.05) is 6.07 Å². The van der Waals surface area contributed by atoms with Crippen LogP contribution in [0.25, 0.3) is 0 Å². The van der Waals surface area contributed by atoms with Crippen molar-refractivity contribution in [2.75, 3.05) is 11.4 Å². The first kappa shape index (κ1) is 12.9. The Hall–Kier alpha value is -1.51. The molecule has 3 heteroatoms. The van der Waals surface area contributed by atoms with E-state index < -0.39 is 5.97 Å². The van der Waals surface area contributed by atoms with Gasteiger partial charge in [-0.2, -0.15) is 0 Å². The van der Waals surface area contributed by atoms with Gasteiger partial charge < -0.3 is 10.0 Å². The number of hydrogen-bond donors (Lipinski definition) is 1. The third kappa shape index (κ3) is 2.84. The molecule has 1 aliphatic rings. The first-order valence-corrected chi connectivity index (χ1v) is 6.63. The van der Waals surface area contributed by atoms with Crippen molar-refractivity contribution in [2.45, 2.75) is 45.6 Å². The predicted molar refractivity (Wildman–Crippen MR) is 73.2 cm³/mol. The van der Waals surface area contributed by atoms with E-state index in [0.29, 0.717) is 6.04 Å². The lowest BCUT2D eigenvalue weighted by Gasteiger charge is -2.27. The lowest BCUT2D eigenvalue weighted by atomic mass is 10.1. The maximum absolute atomic E-state index is 10.7. The zero-order chi connectivity index (χ0) is 13.1. The van der Waals surface area contributed by atoms with Crippen molar-refractivity contribution in [3.8, 4) is 0 Å². The van der Waals surface area contributed by atoms with Gasteiger partial charge in [0.25, 0.3) is 0 Å². The molecular weight excluding hydrogens is 226 g/mol. The second-order valence-electron chi connectivity index (χ2n) is 5.19. The Morgan fingerprint density at radius 1 is 1.39 bits per heavy atom. The average molecular weight is 247 g/mol. The van der Waals surface area contributed by atoms with Crippen molar-refractivity contribution in [3.05, 3.63) is 29.3 Å². The molecule has 2 rings (SSSR count). The molecule has 1 aliphatic heterocycles. The molecule has 0 radical (unpaired) electrons. The molecule has 1 fully saturated rings. The third-order valence-corrected chi connectivity index (χ3v) is 3.89.